The molecule has 2 aromatic rings. The zero-order valence-corrected chi connectivity index (χ0v) is 9.41. The molecule has 0 aliphatic heterocycles. The van der Waals surface area contributed by atoms with Crippen molar-refractivity contribution in [2.24, 2.45) is 0 Å². The highest BCUT2D eigenvalue weighted by Gasteiger charge is 2.05. The fourth-order valence-corrected chi connectivity index (χ4v) is 1.71. The molecule has 0 amide bonds. The number of nitrogens with zero attached hydrogens (tertiary/aromatic N) is 2. The summed E-state index contributed by atoms with van der Waals surface area (Å²) < 4.78 is 1.85. The van der Waals surface area contributed by atoms with Crippen LogP contribution in [0.3, 0.4) is 0 Å². The maximum absolute atomic E-state index is 10.5. The maximum Gasteiger partial charge on any atom is 0.303 e. The van der Waals surface area contributed by atoms with Gasteiger partial charge in [0.05, 0.1) is 13.0 Å². The van der Waals surface area contributed by atoms with Crippen LogP contribution in [0.15, 0.2) is 42.6 Å². The molecule has 4 heteroatoms. The van der Waals surface area contributed by atoms with Crippen molar-refractivity contribution >= 4 is 5.97 Å². The lowest BCUT2D eigenvalue weighted by Crippen LogP contribution is -2.08. The molecule has 17 heavy (non-hydrogen) atoms. The number of aromatic nitrogens is 2. The van der Waals surface area contributed by atoms with Crippen molar-refractivity contribution in [1.29, 1.82) is 0 Å². The first-order chi connectivity index (χ1) is 8.25. The first kappa shape index (κ1) is 11.4. The highest BCUT2D eigenvalue weighted by atomic mass is 16.4. The Morgan fingerprint density at radius 2 is 2.00 bits per heavy atom. The molecule has 1 heterocycles. The van der Waals surface area contributed by atoms with Crippen LogP contribution in [0.25, 0.3) is 0 Å². The number of carboxylic acid groups (broad SMARTS) is 1. The molecule has 1 aromatic heterocycles. The van der Waals surface area contributed by atoms with E-state index in [0.717, 1.165) is 11.3 Å². The molecule has 1 aromatic carbocycles. The topological polar surface area (TPSA) is 55.1 Å². The van der Waals surface area contributed by atoms with Crippen LogP contribution >= 0.6 is 0 Å². The third kappa shape index (κ3) is 3.17. The van der Waals surface area contributed by atoms with Crippen molar-refractivity contribution in [1.82, 2.24) is 9.78 Å². The van der Waals surface area contributed by atoms with E-state index >= 15 is 0 Å². The van der Waals surface area contributed by atoms with E-state index in [-0.39, 0.29) is 6.42 Å². The van der Waals surface area contributed by atoms with Gasteiger partial charge in [0.25, 0.3) is 0 Å². The molecule has 0 fully saturated rings. The number of hydrogen-bond donors (Lipinski definition) is 1. The number of aryl methyl sites for hydroxylation is 1. The summed E-state index contributed by atoms with van der Waals surface area (Å²) in [5, 5.41) is 12.9. The monoisotopic (exact) mass is 230 g/mol. The van der Waals surface area contributed by atoms with Crippen LogP contribution in [0.4, 0.5) is 0 Å². The second-order valence-corrected chi connectivity index (χ2v) is 3.86. The molecule has 0 aliphatic rings. The Balaban J connectivity index is 2.06. The number of carbonyl (C=O) groups is 1. The summed E-state index contributed by atoms with van der Waals surface area (Å²) >= 11 is 0. The van der Waals surface area contributed by atoms with Crippen LogP contribution in [0.1, 0.15) is 17.7 Å². The van der Waals surface area contributed by atoms with Gasteiger partial charge in [-0.15, -0.1) is 0 Å². The maximum atomic E-state index is 10.5. The van der Waals surface area contributed by atoms with Gasteiger partial charge in [-0.05, 0) is 18.1 Å². The van der Waals surface area contributed by atoms with E-state index in [1.165, 1.54) is 0 Å². The third-order valence-electron chi connectivity index (χ3n) is 2.57. The van der Waals surface area contributed by atoms with Crippen molar-refractivity contribution < 1.29 is 9.90 Å². The van der Waals surface area contributed by atoms with Crippen molar-refractivity contribution in [2.45, 2.75) is 19.4 Å². The van der Waals surface area contributed by atoms with Crippen molar-refractivity contribution in [3.05, 3.63) is 53.9 Å². The second kappa shape index (κ2) is 5.30. The summed E-state index contributed by atoms with van der Waals surface area (Å²) in [6, 6.07) is 11.9. The average molecular weight is 230 g/mol. The molecular formula is C13H14N2O2. The number of rotatable bonds is 5. The van der Waals surface area contributed by atoms with Crippen LogP contribution in [0.2, 0.25) is 0 Å². The minimum absolute atomic E-state index is 0.139. The molecule has 1 N–H and O–H groups in total. The van der Waals surface area contributed by atoms with Crippen LogP contribution < -0.4 is 0 Å². The predicted octanol–water partition coefficient (Wildman–Crippen LogP) is 1.95. The summed E-state index contributed by atoms with van der Waals surface area (Å²) in [7, 11) is 0. The number of carboxylic acids is 1. The van der Waals surface area contributed by atoms with Crippen molar-refractivity contribution in [3.8, 4) is 0 Å². The summed E-state index contributed by atoms with van der Waals surface area (Å²) in [5.74, 6) is -0.780. The van der Waals surface area contributed by atoms with Crippen LogP contribution in [-0.4, -0.2) is 20.9 Å². The molecular weight excluding hydrogens is 216 g/mol. The van der Waals surface area contributed by atoms with Gasteiger partial charge in [-0.25, -0.2) is 0 Å². The van der Waals surface area contributed by atoms with Crippen molar-refractivity contribution in [2.75, 3.05) is 0 Å². The quantitative estimate of drug-likeness (QED) is 0.854. The zero-order valence-electron chi connectivity index (χ0n) is 9.41. The fourth-order valence-electron chi connectivity index (χ4n) is 1.71. The first-order valence-electron chi connectivity index (χ1n) is 5.52. The van der Waals surface area contributed by atoms with Gasteiger partial charge in [-0.2, -0.15) is 5.10 Å². The molecule has 0 spiro atoms. The van der Waals surface area contributed by atoms with Gasteiger partial charge < -0.3 is 5.11 Å². The number of hydrogen-bond acceptors (Lipinski definition) is 2. The lowest BCUT2D eigenvalue weighted by Gasteiger charge is -2.06. The number of benzene rings is 1. The summed E-state index contributed by atoms with van der Waals surface area (Å²) in [4.78, 5) is 10.5. The average Bonchev–Trinajstić information content (AvgIpc) is 2.75. The Kier molecular flexibility index (Phi) is 3.55. The number of aliphatic carboxylic acids is 1. The van der Waals surface area contributed by atoms with E-state index in [9.17, 15) is 4.79 Å². The lowest BCUT2D eigenvalue weighted by molar-refractivity contribution is -0.136. The van der Waals surface area contributed by atoms with Gasteiger partial charge in [0.1, 0.15) is 0 Å². The van der Waals surface area contributed by atoms with E-state index in [2.05, 4.69) is 5.10 Å². The molecule has 88 valence electrons. The molecule has 2 rings (SSSR count). The predicted molar refractivity (Wildman–Crippen MR) is 63.7 cm³/mol. The van der Waals surface area contributed by atoms with E-state index in [1.54, 1.807) is 6.20 Å². The van der Waals surface area contributed by atoms with Crippen LogP contribution in [0, 0.1) is 0 Å². The van der Waals surface area contributed by atoms with Crippen LogP contribution in [0.5, 0.6) is 0 Å². The van der Waals surface area contributed by atoms with Gasteiger partial charge >= 0.3 is 5.97 Å². The highest BCUT2D eigenvalue weighted by Crippen LogP contribution is 2.07. The minimum Gasteiger partial charge on any atom is -0.481 e. The van der Waals surface area contributed by atoms with Crippen LogP contribution in [-0.2, 0) is 17.8 Å². The molecule has 0 unspecified atom stereocenters. The minimum atomic E-state index is -0.780. The Morgan fingerprint density at radius 3 is 2.71 bits per heavy atom. The summed E-state index contributed by atoms with van der Waals surface area (Å²) in [5.41, 5.74) is 2.11. The Labute approximate surface area is 99.5 Å². The van der Waals surface area contributed by atoms with Gasteiger partial charge in [0.2, 0.25) is 0 Å². The lowest BCUT2D eigenvalue weighted by atomic mass is 10.2. The largest absolute Gasteiger partial charge is 0.481 e. The molecule has 0 bridgehead atoms. The second-order valence-electron chi connectivity index (χ2n) is 3.86. The van der Waals surface area contributed by atoms with E-state index in [0.29, 0.717) is 13.0 Å². The van der Waals surface area contributed by atoms with Gasteiger partial charge in [-0.1, -0.05) is 30.3 Å². The standard InChI is InChI=1S/C13H14N2O2/c16-13(17)7-6-12-8-9-14-15(12)10-11-4-2-1-3-5-11/h1-5,8-9H,6-7,10H2,(H,16,17). The Morgan fingerprint density at radius 1 is 1.24 bits per heavy atom. The zero-order chi connectivity index (χ0) is 12.1. The summed E-state index contributed by atoms with van der Waals surface area (Å²) in [6.07, 6.45) is 2.36. The fraction of sp³-hybridized carbons (Fsp3) is 0.231. The summed E-state index contributed by atoms with van der Waals surface area (Å²) in [6.45, 7) is 0.683. The van der Waals surface area contributed by atoms with Gasteiger partial charge in [-0.3, -0.25) is 9.48 Å². The third-order valence-corrected chi connectivity index (χ3v) is 2.57. The van der Waals surface area contributed by atoms with E-state index < -0.39 is 5.97 Å². The Hall–Kier alpha value is -2.10. The molecule has 0 aliphatic carbocycles. The smallest absolute Gasteiger partial charge is 0.303 e. The van der Waals surface area contributed by atoms with E-state index in [1.807, 2.05) is 41.1 Å². The van der Waals surface area contributed by atoms with Crippen molar-refractivity contribution in [3.63, 3.8) is 0 Å². The van der Waals surface area contributed by atoms with Gasteiger partial charge in [0, 0.05) is 11.9 Å². The highest BCUT2D eigenvalue weighted by molar-refractivity contribution is 5.66. The van der Waals surface area contributed by atoms with Gasteiger partial charge in [0.15, 0.2) is 0 Å². The molecule has 0 saturated carbocycles. The molecule has 0 radical (unpaired) electrons. The molecule has 4 nitrogen and oxygen atoms in total. The Bertz CT molecular complexity index is 491. The van der Waals surface area contributed by atoms with E-state index in [4.69, 9.17) is 5.11 Å². The SMILES string of the molecule is O=C(O)CCc1ccnn1Cc1ccccc1. The molecule has 0 saturated heterocycles. The first-order valence-corrected chi connectivity index (χ1v) is 5.52. The normalized spacial score (nSPS) is 10.4. The molecule has 0 atom stereocenters.